The van der Waals surface area contributed by atoms with E-state index in [1.165, 1.54) is 27.7 Å². The van der Waals surface area contributed by atoms with E-state index in [4.69, 9.17) is 20.4 Å². The molecule has 0 aliphatic carbocycles. The highest BCUT2D eigenvalue weighted by Gasteiger charge is 2.28. The van der Waals surface area contributed by atoms with Gasteiger partial charge < -0.3 is 30.7 Å². The normalized spacial score (nSPS) is 15.2. The number of benzene rings is 2. The predicted molar refractivity (Wildman–Crippen MR) is 102 cm³/mol. The standard InChI is InChI=1S/C19H19N3O2.C2H4O2/c20-17(23)11-24-13-7-5-12(6-8-13)18-19-15(9-10-21-18)14-3-1-2-4-16(14)22-19;1-2(3)4/h1-8,18,21-22H,9-11H2,(H2,20,23);1H3,(H,3,4). The Morgan fingerprint density at radius 2 is 1.89 bits per heavy atom. The summed E-state index contributed by atoms with van der Waals surface area (Å²) < 4.78 is 5.33. The Kier molecular flexibility index (Phi) is 5.96. The molecule has 1 aromatic heterocycles. The van der Waals surface area contributed by atoms with Gasteiger partial charge in [0.1, 0.15) is 5.75 Å². The number of quaternary nitrogens is 1. The number of ether oxygens (including phenoxy) is 1. The van der Waals surface area contributed by atoms with Crippen molar-refractivity contribution in [2.24, 2.45) is 5.73 Å². The minimum atomic E-state index is -1.08. The molecular weight excluding hydrogens is 358 g/mol. The largest absolute Gasteiger partial charge is 0.550 e. The maximum Gasteiger partial charge on any atom is 0.255 e. The Hall–Kier alpha value is -3.32. The molecule has 7 heteroatoms. The number of carbonyl (C=O) groups excluding carboxylic acids is 2. The number of para-hydroxylation sites is 1. The first-order valence-electron chi connectivity index (χ1n) is 9.07. The lowest BCUT2D eigenvalue weighted by atomic mass is 9.94. The molecule has 1 amide bonds. The maximum atomic E-state index is 10.8. The van der Waals surface area contributed by atoms with Crippen LogP contribution in [-0.4, -0.2) is 30.0 Å². The van der Waals surface area contributed by atoms with Crippen molar-refractivity contribution in [3.05, 3.63) is 65.4 Å². The number of carboxylic acid groups (broad SMARTS) is 1. The fourth-order valence-electron chi connectivity index (χ4n) is 3.50. The van der Waals surface area contributed by atoms with E-state index in [0.29, 0.717) is 5.75 Å². The monoisotopic (exact) mass is 381 g/mol. The van der Waals surface area contributed by atoms with Gasteiger partial charge in [0, 0.05) is 28.9 Å². The molecule has 2 aromatic carbocycles. The van der Waals surface area contributed by atoms with Gasteiger partial charge in [-0.25, -0.2) is 0 Å². The van der Waals surface area contributed by atoms with Crippen molar-refractivity contribution in [2.75, 3.05) is 13.2 Å². The van der Waals surface area contributed by atoms with Crippen LogP contribution in [0.1, 0.15) is 29.8 Å². The third-order valence-corrected chi connectivity index (χ3v) is 4.57. The fraction of sp³-hybridized carbons (Fsp3) is 0.238. The lowest BCUT2D eigenvalue weighted by Crippen LogP contribution is -2.87. The van der Waals surface area contributed by atoms with Crippen molar-refractivity contribution in [1.29, 1.82) is 0 Å². The van der Waals surface area contributed by atoms with Gasteiger partial charge in [-0.05, 0) is 42.8 Å². The third kappa shape index (κ3) is 4.50. The van der Waals surface area contributed by atoms with Gasteiger partial charge in [0.25, 0.3) is 5.91 Å². The summed E-state index contributed by atoms with van der Waals surface area (Å²) in [7, 11) is 0. The molecule has 0 radical (unpaired) electrons. The van der Waals surface area contributed by atoms with E-state index in [-0.39, 0.29) is 12.6 Å². The molecular formula is C21H23N3O4. The van der Waals surface area contributed by atoms with Gasteiger partial charge in [0.2, 0.25) is 0 Å². The second-order valence-corrected chi connectivity index (χ2v) is 6.63. The van der Waals surface area contributed by atoms with E-state index in [9.17, 15) is 4.79 Å². The van der Waals surface area contributed by atoms with E-state index in [2.05, 4.69) is 46.7 Å². The molecule has 0 spiro atoms. The first-order chi connectivity index (χ1) is 13.5. The van der Waals surface area contributed by atoms with Crippen LogP contribution < -0.4 is 20.9 Å². The number of nitrogens with one attached hydrogen (secondary N) is 1. The first-order valence-corrected chi connectivity index (χ1v) is 9.07. The minimum Gasteiger partial charge on any atom is -0.550 e. The first kappa shape index (κ1) is 19.4. The van der Waals surface area contributed by atoms with Gasteiger partial charge in [-0.2, -0.15) is 0 Å². The molecule has 7 nitrogen and oxygen atoms in total. The van der Waals surface area contributed by atoms with E-state index in [1.54, 1.807) is 0 Å². The van der Waals surface area contributed by atoms with Gasteiger partial charge >= 0.3 is 0 Å². The molecule has 5 N–H and O–H groups in total. The van der Waals surface area contributed by atoms with E-state index in [1.807, 2.05) is 12.1 Å². The summed E-state index contributed by atoms with van der Waals surface area (Å²) in [6.07, 6.45) is 1.08. The van der Waals surface area contributed by atoms with Crippen molar-refractivity contribution in [1.82, 2.24) is 4.98 Å². The van der Waals surface area contributed by atoms with Gasteiger partial charge in [0.05, 0.1) is 12.2 Å². The number of nitrogens with two attached hydrogens (primary N) is 2. The predicted octanol–water partition coefficient (Wildman–Crippen LogP) is -0.00290. The van der Waals surface area contributed by atoms with Crippen LogP contribution in [0.3, 0.4) is 0 Å². The molecule has 2 heterocycles. The summed E-state index contributed by atoms with van der Waals surface area (Å²) in [6, 6.07) is 16.6. The molecule has 0 saturated carbocycles. The molecule has 146 valence electrons. The number of rotatable bonds is 4. The molecule has 0 bridgehead atoms. The zero-order chi connectivity index (χ0) is 20.1. The number of primary amides is 1. The van der Waals surface area contributed by atoms with Gasteiger partial charge in [-0.15, -0.1) is 0 Å². The highest BCUT2D eigenvalue weighted by atomic mass is 16.5. The Labute approximate surface area is 162 Å². The average Bonchev–Trinajstić information content (AvgIpc) is 3.05. The second-order valence-electron chi connectivity index (χ2n) is 6.63. The molecule has 4 rings (SSSR count). The third-order valence-electron chi connectivity index (χ3n) is 4.57. The van der Waals surface area contributed by atoms with Crippen LogP contribution in [-0.2, 0) is 16.0 Å². The van der Waals surface area contributed by atoms with Crippen molar-refractivity contribution >= 4 is 22.8 Å². The zero-order valence-electron chi connectivity index (χ0n) is 15.6. The second kappa shape index (κ2) is 8.58. The van der Waals surface area contributed by atoms with E-state index in [0.717, 1.165) is 19.9 Å². The fourth-order valence-corrected chi connectivity index (χ4v) is 3.50. The Bertz CT molecular complexity index is 975. The summed E-state index contributed by atoms with van der Waals surface area (Å²) in [4.78, 5) is 23.3. The molecule has 3 aromatic rings. The lowest BCUT2D eigenvalue weighted by Gasteiger charge is -2.21. The number of aromatic amines is 1. The quantitative estimate of drug-likeness (QED) is 0.588. The molecule has 0 saturated heterocycles. The molecule has 1 unspecified atom stereocenters. The van der Waals surface area contributed by atoms with Gasteiger partial charge in [-0.1, -0.05) is 18.2 Å². The number of amides is 1. The van der Waals surface area contributed by atoms with Crippen LogP contribution in [0.5, 0.6) is 5.75 Å². The summed E-state index contributed by atoms with van der Waals surface area (Å²) in [5, 5.41) is 12.6. The van der Waals surface area contributed by atoms with Crippen LogP contribution in [0.4, 0.5) is 0 Å². The van der Waals surface area contributed by atoms with Crippen molar-refractivity contribution in [3.63, 3.8) is 0 Å². The summed E-state index contributed by atoms with van der Waals surface area (Å²) >= 11 is 0. The summed E-state index contributed by atoms with van der Waals surface area (Å²) in [5.74, 6) is -0.896. The number of aromatic nitrogens is 1. The average molecular weight is 381 g/mol. The molecule has 1 aliphatic heterocycles. The Balaban J connectivity index is 0.000000516. The van der Waals surface area contributed by atoms with Gasteiger partial charge in [0.15, 0.2) is 12.6 Å². The summed E-state index contributed by atoms with van der Waals surface area (Å²) in [5.41, 5.74) is 10.2. The highest BCUT2D eigenvalue weighted by Crippen LogP contribution is 2.31. The number of hydrogen-bond donors (Lipinski definition) is 3. The molecule has 0 fully saturated rings. The van der Waals surface area contributed by atoms with Crippen LogP contribution in [0.15, 0.2) is 48.5 Å². The SMILES string of the molecule is CC(=O)[O-].NC(=O)COc1ccc(C2[NH2+]CCc3c2[nH]c2ccccc32)cc1. The number of fused-ring (bicyclic) bond motifs is 3. The highest BCUT2D eigenvalue weighted by molar-refractivity contribution is 5.85. The van der Waals surface area contributed by atoms with Crippen molar-refractivity contribution in [2.45, 2.75) is 19.4 Å². The maximum absolute atomic E-state index is 10.8. The van der Waals surface area contributed by atoms with Gasteiger partial charge in [-0.3, -0.25) is 4.79 Å². The van der Waals surface area contributed by atoms with E-state index >= 15 is 0 Å². The number of carboxylic acids is 1. The molecule has 1 aliphatic rings. The van der Waals surface area contributed by atoms with Crippen LogP contribution in [0, 0.1) is 0 Å². The number of hydrogen-bond acceptors (Lipinski definition) is 4. The Morgan fingerprint density at radius 3 is 2.57 bits per heavy atom. The topological polar surface area (TPSA) is 125 Å². The smallest absolute Gasteiger partial charge is 0.255 e. The van der Waals surface area contributed by atoms with E-state index < -0.39 is 11.9 Å². The van der Waals surface area contributed by atoms with Crippen molar-refractivity contribution < 1.29 is 24.7 Å². The minimum absolute atomic E-state index is 0.0962. The van der Waals surface area contributed by atoms with Crippen molar-refractivity contribution in [3.8, 4) is 5.75 Å². The molecule has 28 heavy (non-hydrogen) atoms. The number of carbonyl (C=O) groups is 2. The van der Waals surface area contributed by atoms with Crippen LogP contribution >= 0.6 is 0 Å². The molecule has 1 atom stereocenters. The zero-order valence-corrected chi connectivity index (χ0v) is 15.6. The number of aliphatic carboxylic acids is 1. The summed E-state index contributed by atoms with van der Waals surface area (Å²) in [6.45, 7) is 1.94. The Morgan fingerprint density at radius 1 is 1.21 bits per heavy atom. The lowest BCUT2D eigenvalue weighted by molar-refractivity contribution is -0.690. The van der Waals surface area contributed by atoms with Crippen LogP contribution in [0.25, 0.3) is 10.9 Å². The number of H-pyrrole nitrogens is 1. The van der Waals surface area contributed by atoms with Crippen LogP contribution in [0.2, 0.25) is 0 Å².